The van der Waals surface area contributed by atoms with Crippen LogP contribution < -0.4 is 0 Å². The highest BCUT2D eigenvalue weighted by Crippen LogP contribution is 1.90. The first-order chi connectivity index (χ1) is 4.31. The molecular formula is C7H12O2. The number of hydrogen-bond donors (Lipinski definition) is 1. The van der Waals surface area contributed by atoms with Gasteiger partial charge < -0.3 is 9.84 Å². The zero-order chi connectivity index (χ0) is 7.11. The van der Waals surface area contributed by atoms with Gasteiger partial charge in [0.1, 0.15) is 6.10 Å². The Morgan fingerprint density at radius 1 is 1.78 bits per heavy atom. The van der Waals surface area contributed by atoms with E-state index in [1.165, 1.54) is 12.3 Å². The highest BCUT2D eigenvalue weighted by molar-refractivity contribution is 4.80. The molecule has 1 N–H and O–H groups in total. The van der Waals surface area contributed by atoms with Crippen molar-refractivity contribution in [2.75, 3.05) is 6.61 Å². The molecule has 0 aromatic heterocycles. The van der Waals surface area contributed by atoms with Gasteiger partial charge in [-0.15, -0.1) is 0 Å². The van der Waals surface area contributed by atoms with E-state index in [2.05, 4.69) is 6.58 Å². The Morgan fingerprint density at radius 3 is 2.89 bits per heavy atom. The van der Waals surface area contributed by atoms with Gasteiger partial charge in [0.05, 0.1) is 12.9 Å². The monoisotopic (exact) mass is 128 g/mol. The molecular weight excluding hydrogens is 116 g/mol. The lowest BCUT2D eigenvalue weighted by atomic mass is 10.4. The fraction of sp³-hybridized carbons (Fsp3) is 0.429. The second-order valence-electron chi connectivity index (χ2n) is 1.63. The molecule has 0 aliphatic rings. The molecule has 0 spiro atoms. The third kappa shape index (κ3) is 5.11. The molecule has 0 heterocycles. The van der Waals surface area contributed by atoms with Gasteiger partial charge in [-0.1, -0.05) is 12.7 Å². The molecule has 0 unspecified atom stereocenters. The molecule has 1 atom stereocenters. The van der Waals surface area contributed by atoms with Crippen LogP contribution >= 0.6 is 0 Å². The standard InChI is InChI=1S/C7H12O2/c1-3-7(2)9-6-4-5-8/h3-4,6-8H,1,5H2,2H3/b6-4+/t7-/m0/s1. The van der Waals surface area contributed by atoms with Crippen LogP contribution in [0.15, 0.2) is 25.0 Å². The van der Waals surface area contributed by atoms with Crippen LogP contribution in [0.4, 0.5) is 0 Å². The number of ether oxygens (including phenoxy) is 1. The molecule has 9 heavy (non-hydrogen) atoms. The molecule has 0 saturated heterocycles. The van der Waals surface area contributed by atoms with Gasteiger partial charge in [0, 0.05) is 0 Å². The van der Waals surface area contributed by atoms with Gasteiger partial charge in [-0.3, -0.25) is 0 Å². The first-order valence-electron chi connectivity index (χ1n) is 2.85. The van der Waals surface area contributed by atoms with Crippen LogP contribution in [0.1, 0.15) is 6.92 Å². The summed E-state index contributed by atoms with van der Waals surface area (Å²) in [5, 5.41) is 8.26. The molecule has 0 aliphatic carbocycles. The molecule has 0 fully saturated rings. The number of aliphatic hydroxyl groups excluding tert-OH is 1. The largest absolute Gasteiger partial charge is 0.495 e. The second-order valence-corrected chi connectivity index (χ2v) is 1.63. The maximum absolute atomic E-state index is 8.26. The Balaban J connectivity index is 3.25. The molecule has 0 aromatic rings. The lowest BCUT2D eigenvalue weighted by molar-refractivity contribution is 0.201. The molecule has 0 bridgehead atoms. The van der Waals surface area contributed by atoms with Crippen molar-refractivity contribution in [3.63, 3.8) is 0 Å². The van der Waals surface area contributed by atoms with Crippen LogP contribution in [-0.2, 0) is 4.74 Å². The second kappa shape index (κ2) is 5.38. The zero-order valence-corrected chi connectivity index (χ0v) is 5.58. The van der Waals surface area contributed by atoms with Crippen LogP contribution in [0.25, 0.3) is 0 Å². The summed E-state index contributed by atoms with van der Waals surface area (Å²) in [6, 6.07) is 0. The molecule has 0 saturated carbocycles. The fourth-order valence-corrected chi connectivity index (χ4v) is 0.278. The van der Waals surface area contributed by atoms with Crippen molar-refractivity contribution < 1.29 is 9.84 Å². The van der Waals surface area contributed by atoms with Crippen molar-refractivity contribution in [2.24, 2.45) is 0 Å². The van der Waals surface area contributed by atoms with E-state index in [0.717, 1.165) is 0 Å². The Morgan fingerprint density at radius 2 is 2.44 bits per heavy atom. The van der Waals surface area contributed by atoms with Gasteiger partial charge in [0.2, 0.25) is 0 Å². The van der Waals surface area contributed by atoms with Crippen LogP contribution in [0, 0.1) is 0 Å². The van der Waals surface area contributed by atoms with Crippen LogP contribution in [0.5, 0.6) is 0 Å². The Hall–Kier alpha value is -0.760. The van der Waals surface area contributed by atoms with E-state index < -0.39 is 0 Å². The van der Waals surface area contributed by atoms with E-state index in [4.69, 9.17) is 9.84 Å². The topological polar surface area (TPSA) is 29.5 Å². The van der Waals surface area contributed by atoms with Gasteiger partial charge in [0.15, 0.2) is 0 Å². The van der Waals surface area contributed by atoms with Crippen molar-refractivity contribution >= 4 is 0 Å². The Labute approximate surface area is 55.5 Å². The average molecular weight is 128 g/mol. The van der Waals surface area contributed by atoms with Gasteiger partial charge in [-0.25, -0.2) is 0 Å². The number of aliphatic hydroxyl groups is 1. The minimum absolute atomic E-state index is 0.0177. The van der Waals surface area contributed by atoms with Crippen LogP contribution in [0.3, 0.4) is 0 Å². The molecule has 0 amide bonds. The fourth-order valence-electron chi connectivity index (χ4n) is 0.278. The van der Waals surface area contributed by atoms with Crippen molar-refractivity contribution in [2.45, 2.75) is 13.0 Å². The van der Waals surface area contributed by atoms with E-state index in [0.29, 0.717) is 0 Å². The molecule has 0 rings (SSSR count). The highest BCUT2D eigenvalue weighted by atomic mass is 16.5. The van der Waals surface area contributed by atoms with E-state index in [1.54, 1.807) is 6.08 Å². The summed E-state index contributed by atoms with van der Waals surface area (Å²) >= 11 is 0. The predicted molar refractivity (Wildman–Crippen MR) is 37.0 cm³/mol. The minimum Gasteiger partial charge on any atom is -0.495 e. The van der Waals surface area contributed by atoms with Gasteiger partial charge in [-0.2, -0.15) is 0 Å². The van der Waals surface area contributed by atoms with Crippen LogP contribution in [-0.4, -0.2) is 17.8 Å². The molecule has 0 aromatic carbocycles. The first-order valence-corrected chi connectivity index (χ1v) is 2.85. The molecule has 0 aliphatic heterocycles. The zero-order valence-electron chi connectivity index (χ0n) is 5.58. The molecule has 2 nitrogen and oxygen atoms in total. The summed E-state index contributed by atoms with van der Waals surface area (Å²) in [6.07, 6.45) is 4.70. The third-order valence-corrected chi connectivity index (χ3v) is 0.827. The molecule has 52 valence electrons. The third-order valence-electron chi connectivity index (χ3n) is 0.827. The van der Waals surface area contributed by atoms with Gasteiger partial charge >= 0.3 is 0 Å². The predicted octanol–water partition coefficient (Wildman–Crippen LogP) is 1.08. The average Bonchev–Trinajstić information content (AvgIpc) is 1.89. The Bertz CT molecular complexity index is 97.1. The van der Waals surface area contributed by atoms with Crippen molar-refractivity contribution in [1.82, 2.24) is 0 Å². The van der Waals surface area contributed by atoms with E-state index in [-0.39, 0.29) is 12.7 Å². The Kier molecular flexibility index (Phi) is 4.92. The smallest absolute Gasteiger partial charge is 0.113 e. The van der Waals surface area contributed by atoms with E-state index >= 15 is 0 Å². The van der Waals surface area contributed by atoms with E-state index in [1.807, 2.05) is 6.92 Å². The molecule has 2 heteroatoms. The number of hydrogen-bond acceptors (Lipinski definition) is 2. The van der Waals surface area contributed by atoms with E-state index in [9.17, 15) is 0 Å². The van der Waals surface area contributed by atoms with Gasteiger partial charge in [-0.05, 0) is 13.0 Å². The molecule has 0 radical (unpaired) electrons. The van der Waals surface area contributed by atoms with Gasteiger partial charge in [0.25, 0.3) is 0 Å². The normalized spacial score (nSPS) is 13.6. The summed E-state index contributed by atoms with van der Waals surface area (Å²) in [6.45, 7) is 5.41. The summed E-state index contributed by atoms with van der Waals surface area (Å²) in [5.74, 6) is 0. The summed E-state index contributed by atoms with van der Waals surface area (Å²) < 4.78 is 4.97. The highest BCUT2D eigenvalue weighted by Gasteiger charge is 1.87. The maximum Gasteiger partial charge on any atom is 0.113 e. The van der Waals surface area contributed by atoms with Crippen LogP contribution in [0.2, 0.25) is 0 Å². The summed E-state index contributed by atoms with van der Waals surface area (Å²) in [5.41, 5.74) is 0. The quantitative estimate of drug-likeness (QED) is 0.453. The SMILES string of the molecule is C=C[C@H](C)O/C=C/CO. The van der Waals surface area contributed by atoms with Crippen molar-refractivity contribution in [3.05, 3.63) is 25.0 Å². The van der Waals surface area contributed by atoms with Crippen molar-refractivity contribution in [1.29, 1.82) is 0 Å². The lowest BCUT2D eigenvalue weighted by Gasteiger charge is -2.02. The number of rotatable bonds is 4. The first kappa shape index (κ1) is 8.24. The lowest BCUT2D eigenvalue weighted by Crippen LogP contribution is -1.97. The minimum atomic E-state index is 0.0177. The summed E-state index contributed by atoms with van der Waals surface area (Å²) in [4.78, 5) is 0. The van der Waals surface area contributed by atoms with Crippen molar-refractivity contribution in [3.8, 4) is 0 Å². The maximum atomic E-state index is 8.26. The summed E-state index contributed by atoms with van der Waals surface area (Å²) in [7, 11) is 0.